The van der Waals surface area contributed by atoms with Crippen LogP contribution in [0.25, 0.3) is 0 Å². The Morgan fingerprint density at radius 2 is 1.79 bits per heavy atom. The van der Waals surface area contributed by atoms with Crippen LogP contribution in [0.2, 0.25) is 0 Å². The third-order valence-electron chi connectivity index (χ3n) is 3.40. The number of halogens is 1. The molecule has 0 radical (unpaired) electrons. The van der Waals surface area contributed by atoms with Gasteiger partial charge in [0.05, 0.1) is 0 Å². The van der Waals surface area contributed by atoms with Crippen LogP contribution in [-0.4, -0.2) is 6.54 Å². The maximum atomic E-state index is 13.4. The van der Waals surface area contributed by atoms with Gasteiger partial charge in [0, 0.05) is 6.54 Å². The first-order chi connectivity index (χ1) is 9.16. The summed E-state index contributed by atoms with van der Waals surface area (Å²) in [6.07, 6.45) is 1.00. The van der Waals surface area contributed by atoms with E-state index in [2.05, 4.69) is 36.5 Å². The Hall–Kier alpha value is -1.67. The molecule has 0 saturated carbocycles. The minimum Gasteiger partial charge on any atom is -0.312 e. The van der Waals surface area contributed by atoms with E-state index in [9.17, 15) is 4.39 Å². The lowest BCUT2D eigenvalue weighted by atomic mass is 10.1. The molecule has 100 valence electrons. The Morgan fingerprint density at radius 3 is 2.53 bits per heavy atom. The molecule has 2 rings (SSSR count). The van der Waals surface area contributed by atoms with Crippen molar-refractivity contribution in [3.63, 3.8) is 0 Å². The summed E-state index contributed by atoms with van der Waals surface area (Å²) in [7, 11) is 0. The van der Waals surface area contributed by atoms with Crippen LogP contribution in [0.4, 0.5) is 4.39 Å². The molecule has 0 aromatic heterocycles. The monoisotopic (exact) mass is 257 g/mol. The number of rotatable bonds is 5. The second kappa shape index (κ2) is 6.48. The summed E-state index contributed by atoms with van der Waals surface area (Å²) in [5, 5.41) is 3.36. The van der Waals surface area contributed by atoms with Crippen LogP contribution >= 0.6 is 0 Å². The van der Waals surface area contributed by atoms with Crippen molar-refractivity contribution in [2.45, 2.75) is 26.8 Å². The van der Waals surface area contributed by atoms with Crippen molar-refractivity contribution in [2.75, 3.05) is 6.54 Å². The highest BCUT2D eigenvalue weighted by atomic mass is 19.1. The Morgan fingerprint density at radius 1 is 1.00 bits per heavy atom. The van der Waals surface area contributed by atoms with Crippen molar-refractivity contribution < 1.29 is 4.39 Å². The van der Waals surface area contributed by atoms with Crippen molar-refractivity contribution in [3.8, 4) is 0 Å². The zero-order chi connectivity index (χ0) is 13.7. The van der Waals surface area contributed by atoms with Crippen molar-refractivity contribution in [3.05, 3.63) is 70.5 Å². The number of hydrogen-bond acceptors (Lipinski definition) is 1. The highest BCUT2D eigenvalue weighted by molar-refractivity contribution is 5.26. The molecule has 1 nitrogen and oxygen atoms in total. The molecule has 0 aliphatic carbocycles. The van der Waals surface area contributed by atoms with E-state index in [0.717, 1.165) is 18.5 Å². The SMILES string of the molecule is Cc1ccc(CNCCc2ccccc2C)cc1F. The molecule has 0 atom stereocenters. The maximum Gasteiger partial charge on any atom is 0.126 e. The van der Waals surface area contributed by atoms with Crippen LogP contribution in [-0.2, 0) is 13.0 Å². The lowest BCUT2D eigenvalue weighted by Crippen LogP contribution is -2.17. The first-order valence-corrected chi connectivity index (χ1v) is 6.67. The van der Waals surface area contributed by atoms with Crippen LogP contribution in [0.15, 0.2) is 42.5 Å². The molecule has 2 heteroatoms. The molecule has 0 saturated heterocycles. The van der Waals surface area contributed by atoms with E-state index >= 15 is 0 Å². The molecule has 0 aliphatic rings. The zero-order valence-electron chi connectivity index (χ0n) is 11.5. The van der Waals surface area contributed by atoms with Gasteiger partial charge in [-0.2, -0.15) is 0 Å². The Balaban J connectivity index is 1.81. The lowest BCUT2D eigenvalue weighted by Gasteiger charge is -2.08. The quantitative estimate of drug-likeness (QED) is 0.804. The van der Waals surface area contributed by atoms with Crippen LogP contribution in [0, 0.1) is 19.7 Å². The summed E-state index contributed by atoms with van der Waals surface area (Å²) < 4.78 is 13.4. The molecule has 0 aliphatic heterocycles. The third-order valence-corrected chi connectivity index (χ3v) is 3.40. The molecular formula is C17H20FN. The van der Waals surface area contributed by atoms with Gasteiger partial charge in [0.15, 0.2) is 0 Å². The van der Waals surface area contributed by atoms with Gasteiger partial charge in [-0.25, -0.2) is 4.39 Å². The van der Waals surface area contributed by atoms with E-state index < -0.39 is 0 Å². The van der Waals surface area contributed by atoms with Gasteiger partial charge in [-0.3, -0.25) is 0 Å². The lowest BCUT2D eigenvalue weighted by molar-refractivity contribution is 0.611. The number of nitrogens with one attached hydrogen (secondary N) is 1. The molecule has 1 N–H and O–H groups in total. The summed E-state index contributed by atoms with van der Waals surface area (Å²) in [6, 6.07) is 13.8. The minimum absolute atomic E-state index is 0.127. The molecule has 0 bridgehead atoms. The fourth-order valence-electron chi connectivity index (χ4n) is 2.09. The first kappa shape index (κ1) is 13.8. The molecule has 0 fully saturated rings. The average Bonchev–Trinajstić information content (AvgIpc) is 2.40. The van der Waals surface area contributed by atoms with Gasteiger partial charge in [0.1, 0.15) is 5.82 Å². The number of hydrogen-bond donors (Lipinski definition) is 1. The van der Waals surface area contributed by atoms with E-state index in [4.69, 9.17) is 0 Å². The van der Waals surface area contributed by atoms with E-state index in [0.29, 0.717) is 12.1 Å². The second-order valence-electron chi connectivity index (χ2n) is 4.94. The van der Waals surface area contributed by atoms with E-state index in [1.807, 2.05) is 12.1 Å². The van der Waals surface area contributed by atoms with Crippen LogP contribution in [0.1, 0.15) is 22.3 Å². The largest absolute Gasteiger partial charge is 0.312 e. The Bertz CT molecular complexity index is 549. The summed E-state index contributed by atoms with van der Waals surface area (Å²) in [6.45, 7) is 5.53. The summed E-state index contributed by atoms with van der Waals surface area (Å²) >= 11 is 0. The first-order valence-electron chi connectivity index (χ1n) is 6.67. The smallest absolute Gasteiger partial charge is 0.126 e. The van der Waals surface area contributed by atoms with Crippen molar-refractivity contribution in [1.29, 1.82) is 0 Å². The summed E-state index contributed by atoms with van der Waals surface area (Å²) in [5.74, 6) is -0.127. The predicted molar refractivity (Wildman–Crippen MR) is 77.7 cm³/mol. The average molecular weight is 257 g/mol. The van der Waals surface area contributed by atoms with E-state index in [1.54, 1.807) is 13.0 Å². The Kier molecular flexibility index (Phi) is 4.69. The predicted octanol–water partition coefficient (Wildman–Crippen LogP) is 3.77. The molecule has 0 unspecified atom stereocenters. The van der Waals surface area contributed by atoms with Crippen molar-refractivity contribution in [2.24, 2.45) is 0 Å². The van der Waals surface area contributed by atoms with Gasteiger partial charge in [0.2, 0.25) is 0 Å². The zero-order valence-corrected chi connectivity index (χ0v) is 11.5. The molecule has 0 amide bonds. The molecule has 2 aromatic carbocycles. The fraction of sp³-hybridized carbons (Fsp3) is 0.294. The van der Waals surface area contributed by atoms with Crippen molar-refractivity contribution >= 4 is 0 Å². The van der Waals surface area contributed by atoms with Gasteiger partial charge in [-0.1, -0.05) is 36.4 Å². The minimum atomic E-state index is -0.127. The maximum absolute atomic E-state index is 13.4. The standard InChI is InChI=1S/C17H20FN/c1-13-5-3-4-6-16(13)9-10-19-12-15-8-7-14(2)17(18)11-15/h3-8,11,19H,9-10,12H2,1-2H3. The molecular weight excluding hydrogens is 237 g/mol. The van der Waals surface area contributed by atoms with Gasteiger partial charge >= 0.3 is 0 Å². The third kappa shape index (κ3) is 3.90. The van der Waals surface area contributed by atoms with Crippen LogP contribution in [0.5, 0.6) is 0 Å². The second-order valence-corrected chi connectivity index (χ2v) is 4.94. The van der Waals surface area contributed by atoms with Gasteiger partial charge in [-0.15, -0.1) is 0 Å². The highest BCUT2D eigenvalue weighted by Crippen LogP contribution is 2.09. The van der Waals surface area contributed by atoms with Crippen LogP contribution in [0.3, 0.4) is 0 Å². The number of benzene rings is 2. The highest BCUT2D eigenvalue weighted by Gasteiger charge is 2.00. The van der Waals surface area contributed by atoms with E-state index in [1.165, 1.54) is 11.1 Å². The molecule has 0 spiro atoms. The molecule has 2 aromatic rings. The molecule has 19 heavy (non-hydrogen) atoms. The Labute approximate surface area is 114 Å². The summed E-state index contributed by atoms with van der Waals surface area (Å²) in [5.41, 5.74) is 4.38. The molecule has 0 heterocycles. The van der Waals surface area contributed by atoms with Gasteiger partial charge in [0.25, 0.3) is 0 Å². The topological polar surface area (TPSA) is 12.0 Å². The fourth-order valence-corrected chi connectivity index (χ4v) is 2.09. The normalized spacial score (nSPS) is 10.7. The number of aryl methyl sites for hydroxylation is 2. The van der Waals surface area contributed by atoms with Crippen LogP contribution < -0.4 is 5.32 Å². The van der Waals surface area contributed by atoms with Crippen molar-refractivity contribution in [1.82, 2.24) is 5.32 Å². The van der Waals surface area contributed by atoms with Gasteiger partial charge < -0.3 is 5.32 Å². The summed E-state index contributed by atoms with van der Waals surface area (Å²) in [4.78, 5) is 0. The van der Waals surface area contributed by atoms with Gasteiger partial charge in [-0.05, 0) is 55.1 Å². The van der Waals surface area contributed by atoms with E-state index in [-0.39, 0.29) is 5.82 Å².